The van der Waals surface area contributed by atoms with Crippen LogP contribution in [0.1, 0.15) is 26.2 Å². The molecule has 5 heteroatoms. The van der Waals surface area contributed by atoms with Crippen LogP contribution >= 0.6 is 0 Å². The molecule has 0 unspecified atom stereocenters. The number of nitrogens with zero attached hydrogens (tertiary/aromatic N) is 3. The van der Waals surface area contributed by atoms with Gasteiger partial charge in [0, 0.05) is 26.2 Å². The SMILES string of the molecule is CCN(CCC#N)C(=O)CN1CCC(O)CC1. The number of aliphatic hydroxyl groups excluding tert-OH is 1. The summed E-state index contributed by atoms with van der Waals surface area (Å²) in [7, 11) is 0. The van der Waals surface area contributed by atoms with Gasteiger partial charge < -0.3 is 10.0 Å². The highest BCUT2D eigenvalue weighted by Gasteiger charge is 2.21. The summed E-state index contributed by atoms with van der Waals surface area (Å²) in [6.07, 6.45) is 1.68. The van der Waals surface area contributed by atoms with Crippen LogP contribution in [0.4, 0.5) is 0 Å². The van der Waals surface area contributed by atoms with Gasteiger partial charge in [0.15, 0.2) is 0 Å². The molecule has 1 heterocycles. The van der Waals surface area contributed by atoms with Gasteiger partial charge in [0.25, 0.3) is 0 Å². The number of piperidine rings is 1. The van der Waals surface area contributed by atoms with Gasteiger partial charge in [0.05, 0.1) is 25.1 Å². The van der Waals surface area contributed by atoms with Crippen molar-refractivity contribution < 1.29 is 9.90 Å². The van der Waals surface area contributed by atoms with E-state index >= 15 is 0 Å². The predicted molar refractivity (Wildman–Crippen MR) is 64.2 cm³/mol. The maximum Gasteiger partial charge on any atom is 0.236 e. The van der Waals surface area contributed by atoms with E-state index in [4.69, 9.17) is 5.26 Å². The van der Waals surface area contributed by atoms with E-state index in [0.29, 0.717) is 26.1 Å². The molecule has 17 heavy (non-hydrogen) atoms. The van der Waals surface area contributed by atoms with E-state index in [1.165, 1.54) is 0 Å². The molecule has 1 amide bonds. The van der Waals surface area contributed by atoms with Crippen LogP contribution in [-0.4, -0.2) is 59.6 Å². The zero-order valence-corrected chi connectivity index (χ0v) is 10.4. The zero-order chi connectivity index (χ0) is 12.7. The first-order valence-corrected chi connectivity index (χ1v) is 6.22. The van der Waals surface area contributed by atoms with E-state index in [2.05, 4.69) is 11.0 Å². The molecule has 0 atom stereocenters. The van der Waals surface area contributed by atoms with Gasteiger partial charge in [-0.3, -0.25) is 9.69 Å². The summed E-state index contributed by atoms with van der Waals surface area (Å²) in [5, 5.41) is 17.9. The number of likely N-dealkylation sites (tertiary alicyclic amines) is 1. The summed E-state index contributed by atoms with van der Waals surface area (Å²) in [4.78, 5) is 15.7. The molecule has 1 rings (SSSR count). The molecule has 0 aromatic rings. The van der Waals surface area contributed by atoms with Crippen LogP contribution in [0, 0.1) is 11.3 Å². The van der Waals surface area contributed by atoms with E-state index in [-0.39, 0.29) is 12.0 Å². The Hall–Kier alpha value is -1.12. The minimum Gasteiger partial charge on any atom is -0.393 e. The van der Waals surface area contributed by atoms with E-state index in [0.717, 1.165) is 25.9 Å². The van der Waals surface area contributed by atoms with Crippen molar-refractivity contribution in [3.8, 4) is 6.07 Å². The lowest BCUT2D eigenvalue weighted by molar-refractivity contribution is -0.132. The third-order valence-corrected chi connectivity index (χ3v) is 3.14. The van der Waals surface area contributed by atoms with Crippen LogP contribution in [0.5, 0.6) is 0 Å². The number of aliphatic hydroxyl groups is 1. The predicted octanol–water partition coefficient (Wildman–Crippen LogP) is 0.205. The van der Waals surface area contributed by atoms with Crippen molar-refractivity contribution >= 4 is 5.91 Å². The minimum atomic E-state index is -0.206. The van der Waals surface area contributed by atoms with Gasteiger partial charge >= 0.3 is 0 Å². The summed E-state index contributed by atoms with van der Waals surface area (Å²) in [5.74, 6) is 0.0825. The molecule has 0 spiro atoms. The van der Waals surface area contributed by atoms with Crippen LogP contribution in [0.25, 0.3) is 0 Å². The van der Waals surface area contributed by atoms with Crippen molar-refractivity contribution in [1.82, 2.24) is 9.80 Å². The van der Waals surface area contributed by atoms with Crippen molar-refractivity contribution in [2.45, 2.75) is 32.3 Å². The third kappa shape index (κ3) is 4.72. The molecule has 1 aliphatic rings. The van der Waals surface area contributed by atoms with Gasteiger partial charge in [-0.2, -0.15) is 5.26 Å². The second kappa shape index (κ2) is 7.25. The fraction of sp³-hybridized carbons (Fsp3) is 0.833. The molecule has 1 N–H and O–H groups in total. The molecule has 0 aromatic heterocycles. The first-order chi connectivity index (χ1) is 8.17. The van der Waals surface area contributed by atoms with Gasteiger partial charge in [0.1, 0.15) is 0 Å². The average Bonchev–Trinajstić information content (AvgIpc) is 2.33. The van der Waals surface area contributed by atoms with Crippen molar-refractivity contribution in [2.24, 2.45) is 0 Å². The Morgan fingerprint density at radius 3 is 2.71 bits per heavy atom. The van der Waals surface area contributed by atoms with Gasteiger partial charge in [-0.15, -0.1) is 0 Å². The Labute approximate surface area is 103 Å². The maximum atomic E-state index is 11.9. The van der Waals surface area contributed by atoms with E-state index < -0.39 is 0 Å². The smallest absolute Gasteiger partial charge is 0.236 e. The Kier molecular flexibility index (Phi) is 5.95. The fourth-order valence-electron chi connectivity index (χ4n) is 2.01. The highest BCUT2D eigenvalue weighted by molar-refractivity contribution is 5.78. The van der Waals surface area contributed by atoms with E-state index in [1.54, 1.807) is 4.90 Å². The summed E-state index contributed by atoms with van der Waals surface area (Å²) in [5.41, 5.74) is 0. The van der Waals surface area contributed by atoms with Crippen LogP contribution in [0.3, 0.4) is 0 Å². The number of amides is 1. The number of hydrogen-bond acceptors (Lipinski definition) is 4. The molecule has 0 saturated carbocycles. The lowest BCUT2D eigenvalue weighted by Gasteiger charge is -2.30. The van der Waals surface area contributed by atoms with Gasteiger partial charge in [-0.1, -0.05) is 0 Å². The Morgan fingerprint density at radius 1 is 1.53 bits per heavy atom. The first kappa shape index (κ1) is 13.9. The zero-order valence-electron chi connectivity index (χ0n) is 10.4. The highest BCUT2D eigenvalue weighted by Crippen LogP contribution is 2.09. The number of hydrogen-bond donors (Lipinski definition) is 1. The monoisotopic (exact) mass is 239 g/mol. The Morgan fingerprint density at radius 2 is 2.18 bits per heavy atom. The van der Waals surface area contributed by atoms with E-state index in [9.17, 15) is 9.90 Å². The number of nitriles is 1. The maximum absolute atomic E-state index is 11.9. The Bertz CT molecular complexity index is 280. The molecule has 96 valence electrons. The molecule has 1 aliphatic heterocycles. The Balaban J connectivity index is 2.34. The molecule has 5 nitrogen and oxygen atoms in total. The van der Waals surface area contributed by atoms with Crippen LogP contribution in [0.15, 0.2) is 0 Å². The number of rotatable bonds is 5. The van der Waals surface area contributed by atoms with Crippen LogP contribution < -0.4 is 0 Å². The molecule has 0 aromatic carbocycles. The molecule has 1 fully saturated rings. The van der Waals surface area contributed by atoms with Crippen LogP contribution in [0.2, 0.25) is 0 Å². The molecule has 0 bridgehead atoms. The second-order valence-electron chi connectivity index (χ2n) is 4.39. The average molecular weight is 239 g/mol. The van der Waals surface area contributed by atoms with E-state index in [1.807, 2.05) is 6.92 Å². The summed E-state index contributed by atoms with van der Waals surface area (Å²) in [6, 6.07) is 2.06. The number of carbonyl (C=O) groups is 1. The topological polar surface area (TPSA) is 67.6 Å². The number of likely N-dealkylation sites (N-methyl/N-ethyl adjacent to an activating group) is 1. The lowest BCUT2D eigenvalue weighted by atomic mass is 10.1. The molecular weight excluding hydrogens is 218 g/mol. The van der Waals surface area contributed by atoms with Crippen molar-refractivity contribution in [3.63, 3.8) is 0 Å². The van der Waals surface area contributed by atoms with Crippen molar-refractivity contribution in [3.05, 3.63) is 0 Å². The van der Waals surface area contributed by atoms with Crippen molar-refractivity contribution in [1.29, 1.82) is 5.26 Å². The quantitative estimate of drug-likeness (QED) is 0.744. The highest BCUT2D eigenvalue weighted by atomic mass is 16.3. The fourth-order valence-corrected chi connectivity index (χ4v) is 2.01. The van der Waals surface area contributed by atoms with Gasteiger partial charge in [0.2, 0.25) is 5.91 Å². The van der Waals surface area contributed by atoms with Crippen LogP contribution in [-0.2, 0) is 4.79 Å². The van der Waals surface area contributed by atoms with Gasteiger partial charge in [-0.25, -0.2) is 0 Å². The lowest BCUT2D eigenvalue weighted by Crippen LogP contribution is -2.44. The summed E-state index contributed by atoms with van der Waals surface area (Å²) >= 11 is 0. The molecule has 0 radical (unpaired) electrons. The molecular formula is C12H21N3O2. The largest absolute Gasteiger partial charge is 0.393 e. The minimum absolute atomic E-state index is 0.0825. The first-order valence-electron chi connectivity index (χ1n) is 6.22. The third-order valence-electron chi connectivity index (χ3n) is 3.14. The standard InChI is InChI=1S/C12H21N3O2/c1-2-15(7-3-6-13)12(17)10-14-8-4-11(16)5-9-14/h11,16H,2-5,7-10H2,1H3. The molecule has 0 aliphatic carbocycles. The normalized spacial score (nSPS) is 17.7. The number of carbonyl (C=O) groups excluding carboxylic acids is 1. The van der Waals surface area contributed by atoms with Gasteiger partial charge in [-0.05, 0) is 19.8 Å². The summed E-state index contributed by atoms with van der Waals surface area (Å²) in [6.45, 7) is 5.06. The van der Waals surface area contributed by atoms with Crippen molar-refractivity contribution in [2.75, 3.05) is 32.7 Å². The summed E-state index contributed by atoms with van der Waals surface area (Å²) < 4.78 is 0. The molecule has 1 saturated heterocycles. The second-order valence-corrected chi connectivity index (χ2v) is 4.39.